The number of aryl methyl sites for hydroxylation is 1. The maximum absolute atomic E-state index is 9.67. The van der Waals surface area contributed by atoms with Gasteiger partial charge in [0.2, 0.25) is 5.95 Å². The maximum Gasteiger partial charge on any atom is 0.222 e. The van der Waals surface area contributed by atoms with E-state index < -0.39 is 5.92 Å². The molecule has 160 valence electrons. The standard InChI is InChI=1S/C22H25N7OS/c1-2-17-15-31-21(27-17)18(13-23)19-6-8-25-22(28-19)24-7-5-16-3-4-20(26-14-16)29-9-11-30-12-10-29/h3-4,6,8,14-15,18H,2,5,7,9-12H2,1H3,(H,24,25,28). The van der Waals surface area contributed by atoms with E-state index in [1.165, 1.54) is 11.3 Å². The van der Waals surface area contributed by atoms with Crippen LogP contribution >= 0.6 is 11.3 Å². The van der Waals surface area contributed by atoms with Crippen LogP contribution in [0.25, 0.3) is 0 Å². The van der Waals surface area contributed by atoms with Crippen LogP contribution in [0.1, 0.15) is 34.8 Å². The molecular weight excluding hydrogens is 410 g/mol. The summed E-state index contributed by atoms with van der Waals surface area (Å²) < 4.78 is 5.39. The molecule has 9 heteroatoms. The molecule has 1 atom stereocenters. The van der Waals surface area contributed by atoms with Crippen molar-refractivity contribution in [3.63, 3.8) is 0 Å². The van der Waals surface area contributed by atoms with Crippen LogP contribution in [0.4, 0.5) is 11.8 Å². The van der Waals surface area contributed by atoms with Crippen LogP contribution < -0.4 is 10.2 Å². The van der Waals surface area contributed by atoms with Gasteiger partial charge in [0.25, 0.3) is 0 Å². The van der Waals surface area contributed by atoms with Crippen molar-refractivity contribution in [2.24, 2.45) is 0 Å². The Bertz CT molecular complexity index is 1020. The normalized spacial score (nSPS) is 14.8. The van der Waals surface area contributed by atoms with E-state index in [4.69, 9.17) is 4.74 Å². The summed E-state index contributed by atoms with van der Waals surface area (Å²) in [6.45, 7) is 6.00. The number of pyridine rings is 1. The number of hydrogen-bond acceptors (Lipinski definition) is 9. The Morgan fingerprint density at radius 1 is 1.23 bits per heavy atom. The minimum atomic E-state index is -0.481. The van der Waals surface area contributed by atoms with Gasteiger partial charge in [0.15, 0.2) is 0 Å². The Morgan fingerprint density at radius 2 is 2.10 bits per heavy atom. The van der Waals surface area contributed by atoms with Gasteiger partial charge in [0, 0.05) is 37.4 Å². The summed E-state index contributed by atoms with van der Waals surface area (Å²) >= 11 is 1.50. The summed E-state index contributed by atoms with van der Waals surface area (Å²) in [6, 6.07) is 8.27. The summed E-state index contributed by atoms with van der Waals surface area (Å²) in [5, 5.41) is 15.7. The van der Waals surface area contributed by atoms with E-state index >= 15 is 0 Å². The van der Waals surface area contributed by atoms with Crippen LogP contribution in [0.5, 0.6) is 0 Å². The van der Waals surface area contributed by atoms with Crippen LogP contribution in [0.3, 0.4) is 0 Å². The average Bonchev–Trinajstić information content (AvgIpc) is 3.30. The highest BCUT2D eigenvalue weighted by Gasteiger charge is 2.19. The number of anilines is 2. The first-order chi connectivity index (χ1) is 15.3. The second-order valence-electron chi connectivity index (χ2n) is 7.20. The van der Waals surface area contributed by atoms with Gasteiger partial charge in [0.05, 0.1) is 30.7 Å². The Hall–Kier alpha value is -3.09. The number of rotatable bonds is 8. The maximum atomic E-state index is 9.67. The van der Waals surface area contributed by atoms with Gasteiger partial charge in [-0.1, -0.05) is 13.0 Å². The van der Waals surface area contributed by atoms with Gasteiger partial charge in [-0.05, 0) is 30.5 Å². The SMILES string of the molecule is CCc1csc(C(C#N)c2ccnc(NCCc3ccc(N4CCOCC4)nc3)n2)n1. The summed E-state index contributed by atoms with van der Waals surface area (Å²) in [5.74, 6) is 1.03. The minimum absolute atomic E-state index is 0.481. The molecule has 1 unspecified atom stereocenters. The van der Waals surface area contributed by atoms with Crippen molar-refractivity contribution in [3.05, 3.63) is 57.9 Å². The molecule has 1 aliphatic rings. The molecule has 4 rings (SSSR count). The first-order valence-corrected chi connectivity index (χ1v) is 11.3. The summed E-state index contributed by atoms with van der Waals surface area (Å²) in [6.07, 6.45) is 5.26. The first kappa shape index (κ1) is 21.2. The zero-order chi connectivity index (χ0) is 21.5. The van der Waals surface area contributed by atoms with E-state index in [2.05, 4.69) is 55.3 Å². The van der Waals surface area contributed by atoms with Gasteiger partial charge in [-0.25, -0.2) is 19.9 Å². The smallest absolute Gasteiger partial charge is 0.222 e. The van der Waals surface area contributed by atoms with Gasteiger partial charge in [-0.3, -0.25) is 0 Å². The number of thiazole rings is 1. The third-order valence-corrected chi connectivity index (χ3v) is 6.08. The molecular formula is C22H25N7OS. The fourth-order valence-corrected chi connectivity index (χ4v) is 4.30. The molecule has 0 spiro atoms. The van der Waals surface area contributed by atoms with Gasteiger partial charge in [-0.15, -0.1) is 11.3 Å². The zero-order valence-electron chi connectivity index (χ0n) is 17.5. The number of ether oxygens (including phenoxy) is 1. The van der Waals surface area contributed by atoms with Crippen molar-refractivity contribution in [1.82, 2.24) is 19.9 Å². The van der Waals surface area contributed by atoms with Crippen LogP contribution in [-0.4, -0.2) is 52.8 Å². The molecule has 1 aliphatic heterocycles. The van der Waals surface area contributed by atoms with Gasteiger partial charge >= 0.3 is 0 Å². The van der Waals surface area contributed by atoms with E-state index in [9.17, 15) is 5.26 Å². The number of nitriles is 1. The van der Waals surface area contributed by atoms with E-state index in [1.807, 2.05) is 11.6 Å². The molecule has 1 N–H and O–H groups in total. The largest absolute Gasteiger partial charge is 0.378 e. The zero-order valence-corrected chi connectivity index (χ0v) is 18.3. The molecule has 0 radical (unpaired) electrons. The molecule has 0 amide bonds. The molecule has 1 fully saturated rings. The topological polar surface area (TPSA) is 99.9 Å². The molecule has 0 aromatic carbocycles. The highest BCUT2D eigenvalue weighted by Crippen LogP contribution is 2.26. The summed E-state index contributed by atoms with van der Waals surface area (Å²) in [4.78, 5) is 20.2. The molecule has 0 aliphatic carbocycles. The molecule has 3 aromatic rings. The Labute approximate surface area is 186 Å². The lowest BCUT2D eigenvalue weighted by molar-refractivity contribution is 0.122. The molecule has 31 heavy (non-hydrogen) atoms. The van der Waals surface area contributed by atoms with Crippen LogP contribution in [0, 0.1) is 11.3 Å². The minimum Gasteiger partial charge on any atom is -0.378 e. The summed E-state index contributed by atoms with van der Waals surface area (Å²) in [7, 11) is 0. The highest BCUT2D eigenvalue weighted by molar-refractivity contribution is 7.09. The van der Waals surface area contributed by atoms with E-state index in [1.54, 1.807) is 12.3 Å². The molecule has 8 nitrogen and oxygen atoms in total. The van der Waals surface area contributed by atoms with Gasteiger partial charge in [0.1, 0.15) is 16.7 Å². The van der Waals surface area contributed by atoms with Crippen LogP contribution in [0.15, 0.2) is 36.0 Å². The fourth-order valence-electron chi connectivity index (χ4n) is 3.35. The predicted octanol–water partition coefficient (Wildman–Crippen LogP) is 3.04. The Balaban J connectivity index is 1.34. The number of nitrogens with zero attached hydrogens (tertiary/aromatic N) is 6. The molecule has 0 saturated carbocycles. The van der Waals surface area contributed by atoms with Crippen molar-refractivity contribution in [2.75, 3.05) is 43.1 Å². The third-order valence-electron chi connectivity index (χ3n) is 5.12. The third kappa shape index (κ3) is 5.34. The number of hydrogen-bond donors (Lipinski definition) is 1. The number of morpholine rings is 1. The predicted molar refractivity (Wildman–Crippen MR) is 120 cm³/mol. The molecule has 4 heterocycles. The quantitative estimate of drug-likeness (QED) is 0.576. The van der Waals surface area contributed by atoms with Crippen LogP contribution in [0.2, 0.25) is 0 Å². The van der Waals surface area contributed by atoms with E-state index in [-0.39, 0.29) is 0 Å². The Morgan fingerprint density at radius 3 is 2.81 bits per heavy atom. The van der Waals surface area contributed by atoms with Crippen LogP contribution in [-0.2, 0) is 17.6 Å². The molecule has 0 bridgehead atoms. The lowest BCUT2D eigenvalue weighted by Crippen LogP contribution is -2.36. The molecule has 1 saturated heterocycles. The van der Waals surface area contributed by atoms with E-state index in [0.717, 1.165) is 61.2 Å². The number of aromatic nitrogens is 4. The first-order valence-electron chi connectivity index (χ1n) is 10.4. The monoisotopic (exact) mass is 435 g/mol. The summed E-state index contributed by atoms with van der Waals surface area (Å²) in [5.41, 5.74) is 2.81. The number of nitrogens with one attached hydrogen (secondary N) is 1. The van der Waals surface area contributed by atoms with Crippen molar-refractivity contribution in [1.29, 1.82) is 5.26 Å². The van der Waals surface area contributed by atoms with Crippen molar-refractivity contribution < 1.29 is 4.74 Å². The second-order valence-corrected chi connectivity index (χ2v) is 8.09. The average molecular weight is 436 g/mol. The highest BCUT2D eigenvalue weighted by atomic mass is 32.1. The lowest BCUT2D eigenvalue weighted by atomic mass is 10.1. The van der Waals surface area contributed by atoms with Gasteiger partial charge < -0.3 is 15.0 Å². The fraction of sp³-hybridized carbons (Fsp3) is 0.409. The van der Waals surface area contributed by atoms with Gasteiger partial charge in [-0.2, -0.15) is 5.26 Å². The van der Waals surface area contributed by atoms with Crippen molar-refractivity contribution >= 4 is 23.1 Å². The lowest BCUT2D eigenvalue weighted by Gasteiger charge is -2.27. The van der Waals surface area contributed by atoms with E-state index in [0.29, 0.717) is 18.2 Å². The second kappa shape index (κ2) is 10.3. The molecule has 3 aromatic heterocycles. The Kier molecular flexibility index (Phi) is 7.02. The van der Waals surface area contributed by atoms with Crippen molar-refractivity contribution in [2.45, 2.75) is 25.7 Å². The van der Waals surface area contributed by atoms with Crippen molar-refractivity contribution in [3.8, 4) is 6.07 Å².